The molecule has 0 aromatic heterocycles. The Morgan fingerprint density at radius 2 is 1.83 bits per heavy atom. The number of ketones is 1. The first-order valence-electron chi connectivity index (χ1n) is 11.0. The molecule has 1 saturated carbocycles. The van der Waals surface area contributed by atoms with Gasteiger partial charge in [-0.2, -0.15) is 0 Å². The molecule has 1 unspecified atom stereocenters. The van der Waals surface area contributed by atoms with E-state index in [9.17, 15) is 9.59 Å². The first-order valence-corrected chi connectivity index (χ1v) is 11.0. The van der Waals surface area contributed by atoms with E-state index in [-0.39, 0.29) is 29.7 Å². The highest BCUT2D eigenvalue weighted by Gasteiger charge is 2.47. The molecule has 162 valence electrons. The number of unbranched alkanes of at least 4 members (excludes halogenated alkanes) is 1. The number of fused-ring (bicyclic) bond motifs is 1. The van der Waals surface area contributed by atoms with Crippen molar-refractivity contribution in [2.24, 2.45) is 16.3 Å². The van der Waals surface area contributed by atoms with Crippen molar-refractivity contribution in [1.82, 2.24) is 0 Å². The Hall–Kier alpha value is -2.43. The van der Waals surface area contributed by atoms with Crippen molar-refractivity contribution in [3.63, 3.8) is 0 Å². The number of hydrogen-bond donors (Lipinski definition) is 0. The van der Waals surface area contributed by atoms with Crippen LogP contribution in [0.15, 0.2) is 40.5 Å². The Bertz CT molecular complexity index is 864. The third kappa shape index (κ3) is 4.66. The van der Waals surface area contributed by atoms with E-state index in [1.807, 2.05) is 31.2 Å². The normalized spacial score (nSPS) is 23.0. The molecule has 0 spiro atoms. The number of hydrogen-bond acceptors (Lipinski definition) is 5. The predicted molar refractivity (Wildman–Crippen MR) is 118 cm³/mol. The average Bonchev–Trinajstić information content (AvgIpc) is 2.67. The number of ether oxygens (including phenoxy) is 2. The van der Waals surface area contributed by atoms with Crippen LogP contribution >= 0.6 is 0 Å². The van der Waals surface area contributed by atoms with Crippen molar-refractivity contribution in [2.45, 2.75) is 66.2 Å². The Morgan fingerprint density at radius 1 is 1.13 bits per heavy atom. The lowest BCUT2D eigenvalue weighted by Gasteiger charge is -2.41. The molecular weight excluding hydrogens is 378 g/mol. The van der Waals surface area contributed by atoms with Crippen LogP contribution in [0.25, 0.3) is 0 Å². The third-order valence-corrected chi connectivity index (χ3v) is 5.86. The van der Waals surface area contributed by atoms with E-state index in [0.717, 1.165) is 36.3 Å². The Labute approximate surface area is 179 Å². The molecule has 2 atom stereocenters. The maximum atomic E-state index is 13.2. The molecule has 0 radical (unpaired) electrons. The fourth-order valence-corrected chi connectivity index (χ4v) is 4.53. The highest BCUT2D eigenvalue weighted by molar-refractivity contribution is 6.12. The number of carbonyl (C=O) groups is 2. The quantitative estimate of drug-likeness (QED) is 0.454. The van der Waals surface area contributed by atoms with Gasteiger partial charge in [0.1, 0.15) is 11.5 Å². The third-order valence-electron chi connectivity index (χ3n) is 5.86. The molecule has 0 saturated heterocycles. The molecule has 1 heterocycles. The van der Waals surface area contributed by atoms with E-state index in [1.54, 1.807) is 6.92 Å². The molecule has 5 nitrogen and oxygen atoms in total. The highest BCUT2D eigenvalue weighted by atomic mass is 16.5. The SMILES string of the molecule is CCCCOc1ccc([C@H]2C(C(=O)OCC)=C(C)N=C3CC(C)(C)CC(=O)C32)cc1. The highest BCUT2D eigenvalue weighted by Crippen LogP contribution is 2.47. The van der Waals surface area contributed by atoms with E-state index in [1.165, 1.54) is 0 Å². The minimum absolute atomic E-state index is 0.115. The second kappa shape index (κ2) is 9.15. The van der Waals surface area contributed by atoms with Gasteiger partial charge in [0, 0.05) is 23.7 Å². The number of nitrogens with zero attached hydrogens (tertiary/aromatic N) is 1. The molecule has 2 aliphatic rings. The molecule has 1 aromatic rings. The number of esters is 1. The Morgan fingerprint density at radius 3 is 2.47 bits per heavy atom. The zero-order valence-electron chi connectivity index (χ0n) is 18.8. The lowest BCUT2D eigenvalue weighted by atomic mass is 9.63. The average molecular weight is 412 g/mol. The standard InChI is InChI=1S/C25H33NO4/c1-6-8-13-30-18-11-9-17(10-12-18)22-21(24(28)29-7-2)16(3)26-19-14-25(4,5)15-20(27)23(19)22/h9-12,22-23H,6-8,13-15H2,1-5H3/t22-,23?/m0/s1. The first-order chi connectivity index (χ1) is 14.3. The maximum Gasteiger partial charge on any atom is 0.336 e. The number of allylic oxidation sites excluding steroid dienone is 1. The molecule has 1 aliphatic heterocycles. The molecule has 1 fully saturated rings. The molecule has 5 heteroatoms. The van der Waals surface area contributed by atoms with Crippen LogP contribution in [0.2, 0.25) is 0 Å². The van der Waals surface area contributed by atoms with Crippen LogP contribution in [-0.2, 0) is 14.3 Å². The van der Waals surface area contributed by atoms with Crippen molar-refractivity contribution >= 4 is 17.5 Å². The Kier molecular flexibility index (Phi) is 6.79. The molecule has 0 amide bonds. The number of aliphatic imine (C=N–C) groups is 1. The van der Waals surface area contributed by atoms with E-state index in [4.69, 9.17) is 14.5 Å². The van der Waals surface area contributed by atoms with Crippen molar-refractivity contribution in [3.05, 3.63) is 41.1 Å². The zero-order chi connectivity index (χ0) is 21.9. The number of Topliss-reactive ketones (excluding diaryl/α,β-unsaturated/α-hetero) is 1. The first kappa shape index (κ1) is 22.3. The van der Waals surface area contributed by atoms with Crippen LogP contribution in [-0.4, -0.2) is 30.7 Å². The summed E-state index contributed by atoms with van der Waals surface area (Å²) >= 11 is 0. The van der Waals surface area contributed by atoms with Gasteiger partial charge in [-0.15, -0.1) is 0 Å². The van der Waals surface area contributed by atoms with Gasteiger partial charge < -0.3 is 9.47 Å². The van der Waals surface area contributed by atoms with Gasteiger partial charge >= 0.3 is 5.97 Å². The topological polar surface area (TPSA) is 65.0 Å². The largest absolute Gasteiger partial charge is 0.494 e. The van der Waals surface area contributed by atoms with Crippen LogP contribution in [0.4, 0.5) is 0 Å². The Balaban J connectivity index is 2.01. The van der Waals surface area contributed by atoms with Gasteiger partial charge in [-0.1, -0.05) is 39.3 Å². The molecule has 0 N–H and O–H groups in total. The molecule has 1 aromatic carbocycles. The van der Waals surface area contributed by atoms with Gasteiger partial charge in [0.15, 0.2) is 0 Å². The minimum Gasteiger partial charge on any atom is -0.494 e. The monoisotopic (exact) mass is 411 g/mol. The fraction of sp³-hybridized carbons (Fsp3) is 0.560. The summed E-state index contributed by atoms with van der Waals surface area (Å²) in [6.45, 7) is 10.9. The summed E-state index contributed by atoms with van der Waals surface area (Å²) in [5.41, 5.74) is 2.84. The lowest BCUT2D eigenvalue weighted by molar-refractivity contribution is -0.139. The summed E-state index contributed by atoms with van der Waals surface area (Å²) in [7, 11) is 0. The van der Waals surface area contributed by atoms with E-state index in [0.29, 0.717) is 24.3 Å². The lowest BCUT2D eigenvalue weighted by Crippen LogP contribution is -2.44. The van der Waals surface area contributed by atoms with Gasteiger partial charge in [-0.25, -0.2) is 4.79 Å². The smallest absolute Gasteiger partial charge is 0.336 e. The summed E-state index contributed by atoms with van der Waals surface area (Å²) in [4.78, 5) is 30.8. The second-order valence-electron chi connectivity index (χ2n) is 9.03. The molecule has 30 heavy (non-hydrogen) atoms. The number of carbonyl (C=O) groups excluding carboxylic acids is 2. The van der Waals surface area contributed by atoms with Crippen molar-refractivity contribution in [2.75, 3.05) is 13.2 Å². The minimum atomic E-state index is -0.409. The summed E-state index contributed by atoms with van der Waals surface area (Å²) < 4.78 is 11.1. The van der Waals surface area contributed by atoms with Gasteiger partial charge in [0.05, 0.1) is 24.7 Å². The van der Waals surface area contributed by atoms with Gasteiger partial charge in [-0.3, -0.25) is 9.79 Å². The van der Waals surface area contributed by atoms with Crippen molar-refractivity contribution in [1.29, 1.82) is 0 Å². The maximum absolute atomic E-state index is 13.2. The summed E-state index contributed by atoms with van der Waals surface area (Å²) in [6, 6.07) is 7.78. The van der Waals surface area contributed by atoms with Crippen LogP contribution in [0.3, 0.4) is 0 Å². The summed E-state index contributed by atoms with van der Waals surface area (Å²) in [5, 5.41) is 0. The van der Waals surface area contributed by atoms with Gasteiger partial charge in [0.25, 0.3) is 0 Å². The number of rotatable bonds is 7. The fourth-order valence-electron chi connectivity index (χ4n) is 4.53. The molecule has 0 bridgehead atoms. The van der Waals surface area contributed by atoms with Crippen LogP contribution in [0.1, 0.15) is 71.8 Å². The van der Waals surface area contributed by atoms with E-state index < -0.39 is 5.92 Å². The predicted octanol–water partition coefficient (Wildman–Crippen LogP) is 5.25. The number of benzene rings is 1. The van der Waals surface area contributed by atoms with Crippen LogP contribution in [0.5, 0.6) is 5.75 Å². The second-order valence-corrected chi connectivity index (χ2v) is 9.03. The molecular formula is C25H33NO4. The van der Waals surface area contributed by atoms with Crippen molar-refractivity contribution < 1.29 is 19.1 Å². The molecule has 1 aliphatic carbocycles. The summed E-state index contributed by atoms with van der Waals surface area (Å²) in [6.07, 6.45) is 3.33. The van der Waals surface area contributed by atoms with Crippen molar-refractivity contribution in [3.8, 4) is 5.75 Å². The van der Waals surface area contributed by atoms with Crippen LogP contribution in [0, 0.1) is 11.3 Å². The molecule has 3 rings (SSSR count). The van der Waals surface area contributed by atoms with Gasteiger partial charge in [-0.05, 0) is 49.8 Å². The zero-order valence-corrected chi connectivity index (χ0v) is 18.8. The van der Waals surface area contributed by atoms with Gasteiger partial charge in [0.2, 0.25) is 0 Å². The van der Waals surface area contributed by atoms with E-state index in [2.05, 4.69) is 20.8 Å². The van der Waals surface area contributed by atoms with E-state index >= 15 is 0 Å². The van der Waals surface area contributed by atoms with Crippen LogP contribution < -0.4 is 4.74 Å². The summed E-state index contributed by atoms with van der Waals surface area (Å²) in [5.74, 6) is -0.222.